The number of hydrogen-bond acceptors (Lipinski definition) is 3. The minimum Gasteiger partial charge on any atom is -0.258 e. The predicted octanol–water partition coefficient (Wildman–Crippen LogP) is 4.67. The van der Waals surface area contributed by atoms with E-state index in [2.05, 4.69) is 0 Å². The molecule has 0 aliphatic carbocycles. The standard InChI is InChI=1S/C14H8F3NO2S/c15-14(16,17)9-6-11(18(19)20)10-5-8-3-1-2-4-12(8)21-13(10)7-9/h1-4,6-7H,5H2. The molecule has 1 aliphatic rings. The molecular formula is C14H8F3NO2S. The van der Waals surface area contributed by atoms with E-state index >= 15 is 0 Å². The number of nitro groups is 1. The van der Waals surface area contributed by atoms with Crippen LogP contribution in [0.15, 0.2) is 46.2 Å². The molecule has 0 N–H and O–H groups in total. The Morgan fingerprint density at radius 2 is 1.86 bits per heavy atom. The van der Waals surface area contributed by atoms with Crippen molar-refractivity contribution in [3.05, 3.63) is 63.2 Å². The molecule has 0 saturated carbocycles. The van der Waals surface area contributed by atoms with Gasteiger partial charge in [0.15, 0.2) is 0 Å². The van der Waals surface area contributed by atoms with Crippen LogP contribution in [-0.4, -0.2) is 4.92 Å². The Bertz CT molecular complexity index is 743. The number of nitro benzene ring substituents is 1. The third-order valence-corrected chi connectivity index (χ3v) is 4.47. The second-order valence-electron chi connectivity index (χ2n) is 4.61. The van der Waals surface area contributed by atoms with Crippen molar-refractivity contribution in [3.63, 3.8) is 0 Å². The average Bonchev–Trinajstić information content (AvgIpc) is 2.42. The van der Waals surface area contributed by atoms with E-state index in [9.17, 15) is 23.3 Å². The fourth-order valence-electron chi connectivity index (χ4n) is 2.28. The first-order valence-corrected chi connectivity index (χ1v) is 6.82. The quantitative estimate of drug-likeness (QED) is 0.484. The second-order valence-corrected chi connectivity index (χ2v) is 5.70. The summed E-state index contributed by atoms with van der Waals surface area (Å²) in [6, 6.07) is 8.83. The van der Waals surface area contributed by atoms with Crippen molar-refractivity contribution in [1.29, 1.82) is 0 Å². The summed E-state index contributed by atoms with van der Waals surface area (Å²) in [5.41, 5.74) is -0.226. The van der Waals surface area contributed by atoms with Gasteiger partial charge in [0.05, 0.1) is 10.5 Å². The highest BCUT2D eigenvalue weighted by molar-refractivity contribution is 7.99. The zero-order chi connectivity index (χ0) is 15.2. The van der Waals surface area contributed by atoms with Gasteiger partial charge in [-0.25, -0.2) is 0 Å². The number of fused-ring (bicyclic) bond motifs is 2. The van der Waals surface area contributed by atoms with E-state index in [0.29, 0.717) is 16.5 Å². The molecule has 0 atom stereocenters. The highest BCUT2D eigenvalue weighted by Crippen LogP contribution is 2.45. The Morgan fingerprint density at radius 3 is 2.52 bits per heavy atom. The Hall–Kier alpha value is -2.02. The number of rotatable bonds is 1. The molecule has 108 valence electrons. The third-order valence-electron chi connectivity index (χ3n) is 3.27. The molecule has 0 radical (unpaired) electrons. The first kappa shape index (κ1) is 13.9. The molecule has 0 fully saturated rings. The highest BCUT2D eigenvalue weighted by Gasteiger charge is 2.35. The van der Waals surface area contributed by atoms with Crippen molar-refractivity contribution in [2.75, 3.05) is 0 Å². The van der Waals surface area contributed by atoms with E-state index < -0.39 is 22.4 Å². The molecule has 3 rings (SSSR count). The minimum absolute atomic E-state index is 0.271. The third kappa shape index (κ3) is 2.49. The lowest BCUT2D eigenvalue weighted by molar-refractivity contribution is -0.386. The Kier molecular flexibility index (Phi) is 3.16. The summed E-state index contributed by atoms with van der Waals surface area (Å²) >= 11 is 1.14. The molecule has 0 unspecified atom stereocenters. The first-order valence-electron chi connectivity index (χ1n) is 6.00. The molecule has 0 bridgehead atoms. The molecule has 1 aliphatic heterocycles. The zero-order valence-electron chi connectivity index (χ0n) is 10.5. The van der Waals surface area contributed by atoms with Crippen LogP contribution in [0.25, 0.3) is 0 Å². The summed E-state index contributed by atoms with van der Waals surface area (Å²) in [5, 5.41) is 11.1. The lowest BCUT2D eigenvalue weighted by Gasteiger charge is -2.20. The van der Waals surface area contributed by atoms with Crippen LogP contribution in [-0.2, 0) is 12.6 Å². The van der Waals surface area contributed by atoms with Crippen LogP contribution >= 0.6 is 11.8 Å². The van der Waals surface area contributed by atoms with Gasteiger partial charge in [0.2, 0.25) is 0 Å². The summed E-state index contributed by atoms with van der Waals surface area (Å²) in [4.78, 5) is 11.5. The smallest absolute Gasteiger partial charge is 0.258 e. The van der Waals surface area contributed by atoms with Crippen molar-refractivity contribution in [2.45, 2.75) is 22.4 Å². The molecule has 0 aromatic heterocycles. The van der Waals surface area contributed by atoms with Crippen molar-refractivity contribution in [2.24, 2.45) is 0 Å². The Balaban J connectivity index is 2.19. The van der Waals surface area contributed by atoms with Gasteiger partial charge in [-0.2, -0.15) is 13.2 Å². The van der Waals surface area contributed by atoms with Gasteiger partial charge in [0, 0.05) is 27.8 Å². The van der Waals surface area contributed by atoms with E-state index in [0.717, 1.165) is 28.3 Å². The SMILES string of the molecule is O=[N+]([O-])c1cc(C(F)(F)F)cc2c1Cc1ccccc1S2. The van der Waals surface area contributed by atoms with Crippen molar-refractivity contribution < 1.29 is 18.1 Å². The van der Waals surface area contributed by atoms with Crippen LogP contribution in [0.5, 0.6) is 0 Å². The maximum atomic E-state index is 12.9. The highest BCUT2D eigenvalue weighted by atomic mass is 32.2. The molecule has 2 aromatic rings. The summed E-state index contributed by atoms with van der Waals surface area (Å²) in [5.74, 6) is 0. The Morgan fingerprint density at radius 1 is 1.14 bits per heavy atom. The van der Waals surface area contributed by atoms with E-state index in [-0.39, 0.29) is 6.42 Å². The molecule has 0 spiro atoms. The van der Waals surface area contributed by atoms with Crippen molar-refractivity contribution >= 4 is 17.4 Å². The molecule has 7 heteroatoms. The molecule has 3 nitrogen and oxygen atoms in total. The number of nitrogens with zero attached hydrogens (tertiary/aromatic N) is 1. The van der Waals surface area contributed by atoms with Crippen LogP contribution in [0.1, 0.15) is 16.7 Å². The minimum atomic E-state index is -4.60. The first-order chi connectivity index (χ1) is 9.86. The van der Waals surface area contributed by atoms with E-state index in [1.807, 2.05) is 6.07 Å². The van der Waals surface area contributed by atoms with E-state index in [4.69, 9.17) is 0 Å². The fraction of sp³-hybridized carbons (Fsp3) is 0.143. The number of hydrogen-bond donors (Lipinski definition) is 0. The molecule has 1 heterocycles. The van der Waals surface area contributed by atoms with E-state index in [1.54, 1.807) is 18.2 Å². The molecular weight excluding hydrogens is 303 g/mol. The van der Waals surface area contributed by atoms with Crippen LogP contribution < -0.4 is 0 Å². The van der Waals surface area contributed by atoms with Crippen LogP contribution in [0.3, 0.4) is 0 Å². The van der Waals surface area contributed by atoms with Gasteiger partial charge >= 0.3 is 6.18 Å². The topological polar surface area (TPSA) is 43.1 Å². The normalized spacial score (nSPS) is 13.5. The van der Waals surface area contributed by atoms with Gasteiger partial charge < -0.3 is 0 Å². The van der Waals surface area contributed by atoms with Gasteiger partial charge in [-0.15, -0.1) is 0 Å². The summed E-state index contributed by atoms with van der Waals surface area (Å²) in [7, 11) is 0. The number of benzene rings is 2. The fourth-order valence-corrected chi connectivity index (χ4v) is 3.42. The predicted molar refractivity (Wildman–Crippen MR) is 71.5 cm³/mol. The molecule has 21 heavy (non-hydrogen) atoms. The van der Waals surface area contributed by atoms with Crippen LogP contribution in [0, 0.1) is 10.1 Å². The maximum absolute atomic E-state index is 12.9. The molecule has 2 aromatic carbocycles. The van der Waals surface area contributed by atoms with Gasteiger partial charge in [0.1, 0.15) is 0 Å². The summed E-state index contributed by atoms with van der Waals surface area (Å²) < 4.78 is 38.6. The van der Waals surface area contributed by atoms with Gasteiger partial charge in [-0.3, -0.25) is 10.1 Å². The summed E-state index contributed by atoms with van der Waals surface area (Å²) in [6.07, 6.45) is -4.33. The van der Waals surface area contributed by atoms with Gasteiger partial charge in [0.25, 0.3) is 5.69 Å². The Labute approximate surface area is 121 Å². The van der Waals surface area contributed by atoms with Crippen LogP contribution in [0.4, 0.5) is 18.9 Å². The summed E-state index contributed by atoms with van der Waals surface area (Å²) in [6.45, 7) is 0. The van der Waals surface area contributed by atoms with Gasteiger partial charge in [-0.05, 0) is 17.7 Å². The maximum Gasteiger partial charge on any atom is 0.416 e. The number of halogens is 3. The van der Waals surface area contributed by atoms with Crippen molar-refractivity contribution in [3.8, 4) is 0 Å². The lowest BCUT2D eigenvalue weighted by atomic mass is 10.0. The van der Waals surface area contributed by atoms with E-state index in [1.165, 1.54) is 0 Å². The second kappa shape index (κ2) is 4.77. The zero-order valence-corrected chi connectivity index (χ0v) is 11.3. The lowest BCUT2D eigenvalue weighted by Crippen LogP contribution is -2.10. The monoisotopic (exact) mass is 311 g/mol. The largest absolute Gasteiger partial charge is 0.416 e. The molecule has 0 amide bonds. The number of alkyl halides is 3. The van der Waals surface area contributed by atoms with Crippen LogP contribution in [0.2, 0.25) is 0 Å². The van der Waals surface area contributed by atoms with Gasteiger partial charge in [-0.1, -0.05) is 30.0 Å². The molecule has 0 saturated heterocycles. The average molecular weight is 311 g/mol. The van der Waals surface area contributed by atoms with Crippen molar-refractivity contribution in [1.82, 2.24) is 0 Å².